The molecule has 1 aromatic carbocycles. The molecule has 0 saturated heterocycles. The van der Waals surface area contributed by atoms with Gasteiger partial charge in [0.25, 0.3) is 0 Å². The lowest BCUT2D eigenvalue weighted by Crippen LogP contribution is -2.31. The molecule has 2 aromatic rings. The van der Waals surface area contributed by atoms with Gasteiger partial charge in [-0.15, -0.1) is 21.6 Å². The zero-order valence-corrected chi connectivity index (χ0v) is 36.8. The number of anilines is 1. The third-order valence-electron chi connectivity index (χ3n) is 9.26. The van der Waals surface area contributed by atoms with Crippen LogP contribution in [0.2, 0.25) is 0 Å². The molecule has 0 bridgehead atoms. The predicted octanol–water partition coefficient (Wildman–Crippen LogP) is 11.8. The molecule has 1 heterocycles. The van der Waals surface area contributed by atoms with Crippen molar-refractivity contribution in [2.45, 2.75) is 118 Å². The number of hydrogen-bond donors (Lipinski definition) is 0. The van der Waals surface area contributed by atoms with Gasteiger partial charge >= 0.3 is 11.9 Å². The highest BCUT2D eigenvalue weighted by Gasteiger charge is 2.15. The van der Waals surface area contributed by atoms with Gasteiger partial charge in [0, 0.05) is 31.6 Å². The van der Waals surface area contributed by atoms with Crippen LogP contribution >= 0.6 is 11.3 Å². The summed E-state index contributed by atoms with van der Waals surface area (Å²) < 4.78 is 28.0. The van der Waals surface area contributed by atoms with Crippen molar-refractivity contribution >= 4 is 44.7 Å². The molecule has 0 aliphatic rings. The summed E-state index contributed by atoms with van der Waals surface area (Å²) in [5.41, 5.74) is 3.48. The highest BCUT2D eigenvalue weighted by molar-refractivity contribution is 7.20. The number of unbranched alkanes of at least 4 members (excludes halogenated alkanes) is 8. The number of carbonyl (C=O) groups excluding carboxylic acids is 2. The van der Waals surface area contributed by atoms with Crippen LogP contribution in [0.3, 0.4) is 0 Å². The van der Waals surface area contributed by atoms with Gasteiger partial charge < -0.3 is 28.6 Å². The second kappa shape index (κ2) is 33.4. The molecule has 0 saturated carbocycles. The maximum Gasteiger partial charge on any atom is 0.305 e. The molecule has 1 aromatic heterocycles. The van der Waals surface area contributed by atoms with Gasteiger partial charge in [-0.1, -0.05) is 63.8 Å². The molecular weight excluding hydrogens is 767 g/mol. The van der Waals surface area contributed by atoms with Crippen molar-refractivity contribution in [3.63, 3.8) is 0 Å². The van der Waals surface area contributed by atoms with Crippen LogP contribution in [0.5, 0.6) is 0 Å². The third-order valence-corrected chi connectivity index (χ3v) is 10.3. The quantitative estimate of drug-likeness (QED) is 0.0222. The van der Waals surface area contributed by atoms with E-state index in [9.17, 15) is 14.9 Å². The van der Waals surface area contributed by atoms with E-state index in [1.807, 2.05) is 25.1 Å². The summed E-state index contributed by atoms with van der Waals surface area (Å²) in [6, 6.07) is 7.98. The van der Waals surface area contributed by atoms with Gasteiger partial charge in [0.15, 0.2) is 0 Å². The number of thiophene rings is 1. The lowest BCUT2D eigenvalue weighted by atomic mass is 10.1. The SMILES string of the molecule is [C-]#[N+]c1sc(/N=N/c2ccc(N(CCOCCOCCOC(=O)CCC/C=C/CCCCC)CCOCCOC(=O)CCC/C=C/CCCCC)cc2C)c(C#N)c1C. The van der Waals surface area contributed by atoms with Gasteiger partial charge in [-0.05, 0) is 94.5 Å². The molecule has 0 N–H and O–H groups in total. The Balaban J connectivity index is 1.80. The largest absolute Gasteiger partial charge is 0.463 e. The number of carbonyl (C=O) groups is 2. The Morgan fingerprint density at radius 2 is 1.25 bits per heavy atom. The molecule has 0 unspecified atom stereocenters. The first kappa shape index (κ1) is 50.7. The van der Waals surface area contributed by atoms with E-state index in [1.54, 1.807) is 6.92 Å². The summed E-state index contributed by atoms with van der Waals surface area (Å²) in [4.78, 5) is 29.8. The van der Waals surface area contributed by atoms with Crippen molar-refractivity contribution in [2.24, 2.45) is 10.2 Å². The Hall–Kier alpha value is -4.40. The molecule has 12 nitrogen and oxygen atoms in total. The lowest BCUT2D eigenvalue weighted by molar-refractivity contribution is -0.146. The van der Waals surface area contributed by atoms with E-state index in [1.165, 1.54) is 38.5 Å². The summed E-state index contributed by atoms with van der Waals surface area (Å²) in [7, 11) is 0. The number of benzene rings is 1. The van der Waals surface area contributed by atoms with E-state index in [0.717, 1.165) is 61.1 Å². The first-order valence-corrected chi connectivity index (χ1v) is 22.2. The minimum absolute atomic E-state index is 0.200. The number of ether oxygens (including phenoxy) is 5. The molecule has 0 aliphatic carbocycles. The first-order chi connectivity index (χ1) is 28.8. The monoisotopic (exact) mass is 833 g/mol. The average Bonchev–Trinajstić information content (AvgIpc) is 3.55. The summed E-state index contributed by atoms with van der Waals surface area (Å²) in [6.07, 6.45) is 22.4. The number of esters is 2. The Labute approximate surface area is 357 Å². The van der Waals surface area contributed by atoms with Crippen molar-refractivity contribution < 1.29 is 33.3 Å². The highest BCUT2D eigenvalue weighted by atomic mass is 32.1. The number of nitrogens with zero attached hydrogens (tertiary/aromatic N) is 5. The fraction of sp³-hybridized carbons (Fsp3) is 0.609. The number of allylic oxidation sites excluding steroid dienone is 4. The van der Waals surface area contributed by atoms with Crippen molar-refractivity contribution in [1.82, 2.24) is 0 Å². The average molecular weight is 834 g/mol. The molecule has 324 valence electrons. The van der Waals surface area contributed by atoms with E-state index in [0.29, 0.717) is 92.4 Å². The lowest BCUT2D eigenvalue weighted by Gasteiger charge is -2.25. The van der Waals surface area contributed by atoms with Crippen LogP contribution < -0.4 is 4.90 Å². The molecule has 0 fully saturated rings. The Morgan fingerprint density at radius 1 is 0.746 bits per heavy atom. The molecule has 0 spiro atoms. The Morgan fingerprint density at radius 3 is 1.75 bits per heavy atom. The number of aryl methyl sites for hydroxylation is 1. The third kappa shape index (κ3) is 23.1. The van der Waals surface area contributed by atoms with Crippen molar-refractivity contribution in [1.29, 1.82) is 5.26 Å². The molecule has 0 radical (unpaired) electrons. The summed E-state index contributed by atoms with van der Waals surface area (Å²) in [5, 5.41) is 19.2. The van der Waals surface area contributed by atoms with Crippen LogP contribution in [0, 0.1) is 31.8 Å². The zero-order valence-electron chi connectivity index (χ0n) is 36.0. The van der Waals surface area contributed by atoms with Crippen molar-refractivity contribution in [2.75, 3.05) is 70.8 Å². The van der Waals surface area contributed by atoms with E-state index in [4.69, 9.17) is 30.3 Å². The van der Waals surface area contributed by atoms with Gasteiger partial charge in [-0.2, -0.15) is 5.26 Å². The number of rotatable bonds is 34. The Bertz CT molecular complexity index is 1660. The molecule has 0 amide bonds. The normalized spacial score (nSPS) is 11.4. The molecular formula is C46H67N5O7S. The second-order valence-electron chi connectivity index (χ2n) is 14.1. The van der Waals surface area contributed by atoms with Crippen LogP contribution in [0.1, 0.15) is 120 Å². The maximum atomic E-state index is 12.2. The van der Waals surface area contributed by atoms with Crippen molar-refractivity contribution in [3.05, 3.63) is 70.6 Å². The maximum absolute atomic E-state index is 12.2. The Kier molecular flexibility index (Phi) is 28.8. The second-order valence-corrected chi connectivity index (χ2v) is 15.1. The molecule has 2 rings (SSSR count). The zero-order chi connectivity index (χ0) is 42.8. The number of azo groups is 1. The molecule has 0 atom stereocenters. The predicted molar refractivity (Wildman–Crippen MR) is 236 cm³/mol. The summed E-state index contributed by atoms with van der Waals surface area (Å²) in [5.74, 6) is -0.408. The van der Waals surface area contributed by atoms with Crippen LogP contribution in [0.15, 0.2) is 52.7 Å². The van der Waals surface area contributed by atoms with E-state index < -0.39 is 0 Å². The van der Waals surface area contributed by atoms with Gasteiger partial charge in [0.2, 0.25) is 5.00 Å². The molecule has 13 heteroatoms. The van der Waals surface area contributed by atoms with Crippen LogP contribution in [0.25, 0.3) is 4.85 Å². The number of hydrogen-bond acceptors (Lipinski definition) is 12. The van der Waals surface area contributed by atoms with E-state index >= 15 is 0 Å². The van der Waals surface area contributed by atoms with Crippen LogP contribution in [-0.2, 0) is 33.3 Å². The molecule has 0 aliphatic heterocycles. The standard InChI is InChI=1S/C46H67N5O7S/c1-6-8-10-12-14-16-18-20-22-43(52)57-34-32-55-29-27-51(26-28-54-30-31-56-33-35-58-44(53)23-21-19-17-15-13-11-9-7-2)40-24-25-42(38(3)36-40)49-50-46-41(37-47)39(4)45(48-5)59-46/h14-17,24-25,36H,6-13,18-23,26-35H2,1-4H3/b16-14+,17-15+,50-49+. The van der Waals surface area contributed by atoms with Crippen molar-refractivity contribution in [3.8, 4) is 6.07 Å². The smallest absolute Gasteiger partial charge is 0.305 e. The minimum atomic E-state index is -0.207. The van der Waals surface area contributed by atoms with Crippen LogP contribution in [-0.4, -0.2) is 77.9 Å². The van der Waals surface area contributed by atoms with Gasteiger partial charge in [-0.3, -0.25) is 9.59 Å². The fourth-order valence-electron chi connectivity index (χ4n) is 5.78. The highest BCUT2D eigenvalue weighted by Crippen LogP contribution is 2.41. The van der Waals surface area contributed by atoms with Gasteiger partial charge in [0.05, 0.1) is 57.5 Å². The van der Waals surface area contributed by atoms with Gasteiger partial charge in [0.1, 0.15) is 24.3 Å². The van der Waals surface area contributed by atoms with E-state index in [-0.39, 0.29) is 25.2 Å². The summed E-state index contributed by atoms with van der Waals surface area (Å²) in [6.45, 7) is 19.3. The topological polar surface area (TPSA) is 136 Å². The molecule has 59 heavy (non-hydrogen) atoms. The minimum Gasteiger partial charge on any atom is -0.463 e. The van der Waals surface area contributed by atoms with Gasteiger partial charge in [-0.25, -0.2) is 4.85 Å². The van der Waals surface area contributed by atoms with E-state index in [2.05, 4.69) is 64.2 Å². The first-order valence-electron chi connectivity index (χ1n) is 21.4. The summed E-state index contributed by atoms with van der Waals surface area (Å²) >= 11 is 1.16. The van der Waals surface area contributed by atoms with Crippen LogP contribution in [0.4, 0.5) is 21.4 Å². The number of nitriles is 1. The fourth-order valence-corrected chi connectivity index (χ4v) is 6.65.